The highest BCUT2D eigenvalue weighted by molar-refractivity contribution is 5.98. The van der Waals surface area contributed by atoms with Crippen LogP contribution >= 0.6 is 12.4 Å². The molecule has 3 saturated heterocycles. The van der Waals surface area contributed by atoms with E-state index >= 15 is 0 Å². The summed E-state index contributed by atoms with van der Waals surface area (Å²) in [6, 6.07) is 4.47. The van der Waals surface area contributed by atoms with Gasteiger partial charge < -0.3 is 9.80 Å². The van der Waals surface area contributed by atoms with Crippen molar-refractivity contribution in [2.24, 2.45) is 5.92 Å². The zero-order valence-electron chi connectivity index (χ0n) is 16.3. The van der Waals surface area contributed by atoms with Crippen LogP contribution in [0.2, 0.25) is 0 Å². The maximum atomic E-state index is 13.3. The Labute approximate surface area is 148 Å². The number of nitrogens with zero attached hydrogens (tertiary/aromatic N) is 2. The quantitative estimate of drug-likeness (QED) is 0.787. The summed E-state index contributed by atoms with van der Waals surface area (Å²) in [7, 11) is 0. The lowest BCUT2D eigenvalue weighted by atomic mass is 9.75. The van der Waals surface area contributed by atoms with E-state index in [-0.39, 0.29) is 30.2 Å². The second-order valence-electron chi connectivity index (χ2n) is 7.14. The van der Waals surface area contributed by atoms with Gasteiger partial charge in [-0.3, -0.25) is 4.79 Å². The molecule has 1 aromatic rings. The van der Waals surface area contributed by atoms with Gasteiger partial charge in [-0.2, -0.15) is 0 Å². The molecule has 0 aromatic heterocycles. The molecule has 4 heterocycles. The number of hydrogen-bond donors (Lipinski definition) is 0. The minimum Gasteiger partial charge on any atom is -0.333 e. The van der Waals surface area contributed by atoms with Crippen LogP contribution in [-0.4, -0.2) is 47.9 Å². The fourth-order valence-electron chi connectivity index (χ4n) is 4.82. The first kappa shape index (κ1) is 12.3. The fourth-order valence-corrected chi connectivity index (χ4v) is 4.82. The Morgan fingerprint density at radius 3 is 2.83 bits per heavy atom. The average molecular weight is 336 g/mol. The van der Waals surface area contributed by atoms with Crippen molar-refractivity contribution in [3.05, 3.63) is 34.9 Å². The molecule has 0 N–H and O–H groups in total. The van der Waals surface area contributed by atoms with Gasteiger partial charge in [0.25, 0.3) is 5.91 Å². The molecular formula is C19H25ClN2O. The third kappa shape index (κ3) is 2.32. The molecule has 1 aliphatic carbocycles. The zero-order valence-corrected chi connectivity index (χ0v) is 14.1. The van der Waals surface area contributed by atoms with E-state index in [1.54, 1.807) is 9.80 Å². The molecule has 2 bridgehead atoms. The molecular weight excluding hydrogens is 308 g/mol. The van der Waals surface area contributed by atoms with E-state index in [0.29, 0.717) is 25.2 Å². The van der Waals surface area contributed by atoms with E-state index in [4.69, 9.17) is 2.74 Å². The lowest BCUT2D eigenvalue weighted by Crippen LogP contribution is -2.60. The molecule has 0 spiro atoms. The van der Waals surface area contributed by atoms with Gasteiger partial charge in [0, 0.05) is 33.3 Å². The van der Waals surface area contributed by atoms with Crippen LogP contribution in [0.25, 0.3) is 0 Å². The van der Waals surface area contributed by atoms with Gasteiger partial charge in [-0.1, -0.05) is 12.1 Å². The van der Waals surface area contributed by atoms with E-state index in [0.717, 1.165) is 32.1 Å². The Morgan fingerprint density at radius 2 is 2.04 bits per heavy atom. The SMILES string of the molecule is Cl.[2H]C1([2H])N2CCC(CC2)[C@]1([2H])N1C[C@H]2CCCc3cccc(c32)C1=O. The third-order valence-corrected chi connectivity index (χ3v) is 5.93. The highest BCUT2D eigenvalue weighted by atomic mass is 35.5. The second-order valence-corrected chi connectivity index (χ2v) is 7.14. The van der Waals surface area contributed by atoms with Gasteiger partial charge in [0.05, 0.1) is 1.37 Å². The normalized spacial score (nSPS) is 42.1. The Morgan fingerprint density at radius 1 is 1.22 bits per heavy atom. The Balaban J connectivity index is 0.00000168. The van der Waals surface area contributed by atoms with Gasteiger partial charge in [0.2, 0.25) is 0 Å². The molecule has 1 aromatic carbocycles. The summed E-state index contributed by atoms with van der Waals surface area (Å²) in [5, 5.41) is 0. The van der Waals surface area contributed by atoms with Crippen molar-refractivity contribution in [2.75, 3.05) is 26.1 Å². The second kappa shape index (κ2) is 5.78. The van der Waals surface area contributed by atoms with Crippen molar-refractivity contribution < 1.29 is 8.91 Å². The molecule has 2 atom stereocenters. The van der Waals surface area contributed by atoms with Crippen molar-refractivity contribution in [3.63, 3.8) is 0 Å². The van der Waals surface area contributed by atoms with Crippen molar-refractivity contribution >= 4 is 18.3 Å². The number of halogens is 1. The van der Waals surface area contributed by atoms with Gasteiger partial charge in [-0.25, -0.2) is 0 Å². The zero-order chi connectivity index (χ0) is 17.4. The first-order valence-electron chi connectivity index (χ1n) is 10.1. The topological polar surface area (TPSA) is 23.6 Å². The van der Waals surface area contributed by atoms with Crippen LogP contribution in [0.4, 0.5) is 0 Å². The van der Waals surface area contributed by atoms with Gasteiger partial charge >= 0.3 is 0 Å². The molecule has 0 unspecified atom stereocenters. The van der Waals surface area contributed by atoms with Crippen molar-refractivity contribution in [1.82, 2.24) is 9.80 Å². The Hall–Kier alpha value is -1.06. The number of aryl methyl sites for hydroxylation is 1. The van der Waals surface area contributed by atoms with E-state index < -0.39 is 12.5 Å². The van der Waals surface area contributed by atoms with Crippen LogP contribution in [0, 0.1) is 5.92 Å². The summed E-state index contributed by atoms with van der Waals surface area (Å²) in [6.45, 7) is 0.110. The number of amides is 1. The average Bonchev–Trinajstić information content (AvgIpc) is 2.63. The molecule has 0 saturated carbocycles. The number of benzene rings is 1. The molecule has 3 nitrogen and oxygen atoms in total. The van der Waals surface area contributed by atoms with Crippen LogP contribution < -0.4 is 0 Å². The maximum Gasteiger partial charge on any atom is 0.254 e. The van der Waals surface area contributed by atoms with E-state index in [2.05, 4.69) is 6.07 Å². The molecule has 23 heavy (non-hydrogen) atoms. The van der Waals surface area contributed by atoms with Crippen LogP contribution in [0.1, 0.15) is 57.2 Å². The van der Waals surface area contributed by atoms with Crippen LogP contribution in [0.5, 0.6) is 0 Å². The summed E-state index contributed by atoms with van der Waals surface area (Å²) in [4.78, 5) is 16.7. The predicted octanol–water partition coefficient (Wildman–Crippen LogP) is 3.08. The minimum atomic E-state index is -1.78. The van der Waals surface area contributed by atoms with E-state index in [1.807, 2.05) is 12.1 Å². The number of fused-ring (bicyclic) bond motifs is 3. The van der Waals surface area contributed by atoms with Crippen molar-refractivity contribution in [2.45, 2.75) is 44.0 Å². The highest BCUT2D eigenvalue weighted by Gasteiger charge is 2.43. The van der Waals surface area contributed by atoms with Crippen LogP contribution in [0.3, 0.4) is 0 Å². The van der Waals surface area contributed by atoms with E-state index in [1.165, 1.54) is 11.1 Å². The molecule has 4 aliphatic heterocycles. The number of carbonyl (C=O) groups is 1. The number of carbonyl (C=O) groups excluding carboxylic acids is 1. The predicted molar refractivity (Wildman–Crippen MR) is 93.4 cm³/mol. The highest BCUT2D eigenvalue weighted by Crippen LogP contribution is 2.41. The van der Waals surface area contributed by atoms with E-state index in [9.17, 15) is 6.17 Å². The van der Waals surface area contributed by atoms with Gasteiger partial charge in [-0.15, -0.1) is 12.4 Å². The van der Waals surface area contributed by atoms with Crippen LogP contribution in [0.15, 0.2) is 18.2 Å². The van der Waals surface area contributed by atoms with Crippen LogP contribution in [-0.2, 0) is 6.42 Å². The lowest BCUT2D eigenvalue weighted by Gasteiger charge is -2.51. The Kier molecular flexibility index (Phi) is 3.10. The van der Waals surface area contributed by atoms with Gasteiger partial charge in [-0.05, 0) is 68.3 Å². The summed E-state index contributed by atoms with van der Waals surface area (Å²) in [5.74, 6) is 0.0403. The van der Waals surface area contributed by atoms with Gasteiger partial charge in [0.1, 0.15) is 0 Å². The number of hydrogen-bond acceptors (Lipinski definition) is 2. The molecule has 0 radical (unpaired) electrons. The first-order valence-corrected chi connectivity index (χ1v) is 8.63. The first-order chi connectivity index (χ1) is 11.9. The summed E-state index contributed by atoms with van der Waals surface area (Å²) in [5.41, 5.74) is 3.17. The molecule has 6 rings (SSSR count). The molecule has 4 heteroatoms. The molecule has 124 valence electrons. The lowest BCUT2D eigenvalue weighted by molar-refractivity contribution is 0.00258. The van der Waals surface area contributed by atoms with Gasteiger partial charge in [0.15, 0.2) is 0 Å². The van der Waals surface area contributed by atoms with Crippen molar-refractivity contribution in [3.8, 4) is 0 Å². The fraction of sp³-hybridized carbons (Fsp3) is 0.632. The summed E-state index contributed by atoms with van der Waals surface area (Å²) in [6.07, 6.45) is 4.78. The third-order valence-electron chi connectivity index (χ3n) is 5.93. The largest absolute Gasteiger partial charge is 0.333 e. The summed E-state index contributed by atoms with van der Waals surface area (Å²) < 4.78 is 26.5. The molecule has 1 amide bonds. The molecule has 3 fully saturated rings. The maximum absolute atomic E-state index is 13.3. The number of rotatable bonds is 1. The minimum absolute atomic E-state index is 0. The standard InChI is InChI=1S/C19H24N2O.ClH/c22-19-16-6-2-4-14-3-1-5-15(18(14)16)11-21(19)17-12-20-9-7-13(17)8-10-20;/h2,4,6,13,15,17H,1,3,5,7-12H2;1H/t15-,17-;/m1./s1/i12D2,17D;. The van der Waals surface area contributed by atoms with Crippen molar-refractivity contribution in [1.29, 1.82) is 0 Å². The monoisotopic (exact) mass is 335 g/mol. The molecule has 5 aliphatic rings. The number of piperidine rings is 3. The Bertz CT molecular complexity index is 750. The summed E-state index contributed by atoms with van der Waals surface area (Å²) >= 11 is 0. The smallest absolute Gasteiger partial charge is 0.254 e.